The number of nitrogens with one attached hydrogen (secondary N) is 1. The summed E-state index contributed by atoms with van der Waals surface area (Å²) in [6.45, 7) is 6.09. The average molecular weight is 552 g/mol. The van der Waals surface area contributed by atoms with Crippen molar-refractivity contribution in [1.29, 1.82) is 5.26 Å². The van der Waals surface area contributed by atoms with E-state index in [9.17, 15) is 10.1 Å². The van der Waals surface area contributed by atoms with Crippen LogP contribution in [0.4, 0.5) is 11.4 Å². The van der Waals surface area contributed by atoms with E-state index < -0.39 is 5.92 Å². The molecule has 210 valence electrons. The van der Waals surface area contributed by atoms with E-state index in [2.05, 4.69) is 121 Å². The van der Waals surface area contributed by atoms with Crippen molar-refractivity contribution < 1.29 is 4.79 Å². The molecule has 0 aliphatic heterocycles. The fourth-order valence-electron chi connectivity index (χ4n) is 5.00. The first-order valence-corrected chi connectivity index (χ1v) is 14.4. The Morgan fingerprint density at radius 2 is 1.00 bits per heavy atom. The quantitative estimate of drug-likeness (QED) is 0.187. The van der Waals surface area contributed by atoms with Gasteiger partial charge in [0.25, 0.3) is 0 Å². The Labute approximate surface area is 249 Å². The van der Waals surface area contributed by atoms with Crippen LogP contribution in [0.2, 0.25) is 0 Å². The standard InChI is InChI=1S/C19H21N3O.C19H16/c1-3-22(4-2)17-12-10-16(11-13-17)21-19(23)18(14-20)15-8-6-5-7-9-15;1-4-10-16(11-5-1)19(17-12-6-2-7-13-17)18-14-8-3-9-15-18/h5-13,18H,3-4H2,1-2H3,(H,21,23);1-15,19H. The van der Waals surface area contributed by atoms with Crippen LogP contribution in [0.1, 0.15) is 47.9 Å². The number of rotatable bonds is 9. The maximum absolute atomic E-state index is 12.3. The number of hydrogen-bond acceptors (Lipinski definition) is 3. The minimum Gasteiger partial charge on any atom is -0.372 e. The van der Waals surface area contributed by atoms with Gasteiger partial charge in [-0.05, 0) is 60.4 Å². The highest BCUT2D eigenvalue weighted by Crippen LogP contribution is 2.31. The fraction of sp³-hybridized carbons (Fsp3) is 0.158. The number of nitriles is 1. The van der Waals surface area contributed by atoms with E-state index in [0.717, 1.165) is 18.8 Å². The van der Waals surface area contributed by atoms with Crippen molar-refractivity contribution in [3.05, 3.63) is 168 Å². The Balaban J connectivity index is 0.000000196. The predicted octanol–water partition coefficient (Wildman–Crippen LogP) is 8.65. The lowest BCUT2D eigenvalue weighted by atomic mass is 9.85. The SMILES string of the molecule is CCN(CC)c1ccc(NC(=O)C(C#N)c2ccccc2)cc1.c1ccc(C(c2ccccc2)c2ccccc2)cc1. The van der Waals surface area contributed by atoms with Crippen LogP contribution in [0, 0.1) is 11.3 Å². The lowest BCUT2D eigenvalue weighted by Gasteiger charge is -2.21. The summed E-state index contributed by atoms with van der Waals surface area (Å²) < 4.78 is 0. The number of carbonyl (C=O) groups is 1. The summed E-state index contributed by atoms with van der Waals surface area (Å²) in [6.07, 6.45) is 0. The van der Waals surface area contributed by atoms with Gasteiger partial charge >= 0.3 is 0 Å². The van der Waals surface area contributed by atoms with Gasteiger partial charge in [0.2, 0.25) is 5.91 Å². The van der Waals surface area contributed by atoms with Crippen molar-refractivity contribution in [2.45, 2.75) is 25.7 Å². The second-order valence-corrected chi connectivity index (χ2v) is 9.85. The summed E-state index contributed by atoms with van der Waals surface area (Å²) >= 11 is 0. The van der Waals surface area contributed by atoms with E-state index >= 15 is 0 Å². The average Bonchev–Trinajstić information content (AvgIpc) is 3.05. The molecule has 5 aromatic carbocycles. The fourth-order valence-corrected chi connectivity index (χ4v) is 5.00. The highest BCUT2D eigenvalue weighted by Gasteiger charge is 2.20. The molecule has 1 N–H and O–H groups in total. The zero-order valence-electron chi connectivity index (χ0n) is 24.2. The Bertz CT molecular complexity index is 1430. The van der Waals surface area contributed by atoms with Gasteiger partial charge in [-0.2, -0.15) is 5.26 Å². The molecule has 1 atom stereocenters. The van der Waals surface area contributed by atoms with Crippen LogP contribution in [-0.2, 0) is 4.79 Å². The van der Waals surface area contributed by atoms with Crippen LogP contribution in [0.3, 0.4) is 0 Å². The van der Waals surface area contributed by atoms with Crippen molar-refractivity contribution in [3.8, 4) is 6.07 Å². The van der Waals surface area contributed by atoms with E-state index in [1.165, 1.54) is 16.7 Å². The number of hydrogen-bond donors (Lipinski definition) is 1. The van der Waals surface area contributed by atoms with Crippen molar-refractivity contribution in [1.82, 2.24) is 0 Å². The van der Waals surface area contributed by atoms with E-state index in [1.54, 1.807) is 12.1 Å². The molecule has 1 amide bonds. The van der Waals surface area contributed by atoms with E-state index in [4.69, 9.17) is 0 Å². The number of nitrogens with zero attached hydrogens (tertiary/aromatic N) is 2. The smallest absolute Gasteiger partial charge is 0.246 e. The first-order valence-electron chi connectivity index (χ1n) is 14.4. The van der Waals surface area contributed by atoms with E-state index in [0.29, 0.717) is 17.2 Å². The summed E-state index contributed by atoms with van der Waals surface area (Å²) in [7, 11) is 0. The number of anilines is 2. The molecule has 1 unspecified atom stereocenters. The first kappa shape index (κ1) is 29.8. The zero-order valence-corrected chi connectivity index (χ0v) is 24.2. The van der Waals surface area contributed by atoms with Crippen molar-refractivity contribution >= 4 is 17.3 Å². The van der Waals surface area contributed by atoms with Crippen LogP contribution in [0.5, 0.6) is 0 Å². The molecule has 0 aliphatic rings. The van der Waals surface area contributed by atoms with Crippen LogP contribution >= 0.6 is 0 Å². The maximum Gasteiger partial charge on any atom is 0.246 e. The lowest BCUT2D eigenvalue weighted by Crippen LogP contribution is -2.22. The summed E-state index contributed by atoms with van der Waals surface area (Å²) in [5, 5.41) is 12.1. The molecule has 0 bridgehead atoms. The van der Waals surface area contributed by atoms with Gasteiger partial charge in [0.1, 0.15) is 0 Å². The Hall–Kier alpha value is -5.14. The van der Waals surface area contributed by atoms with Gasteiger partial charge in [0, 0.05) is 30.4 Å². The number of carbonyl (C=O) groups excluding carboxylic acids is 1. The van der Waals surface area contributed by atoms with E-state index in [-0.39, 0.29) is 5.91 Å². The monoisotopic (exact) mass is 551 g/mol. The molecular formula is C38H37N3O. The minimum atomic E-state index is -0.807. The van der Waals surface area contributed by atoms with Gasteiger partial charge in [0.05, 0.1) is 6.07 Å². The molecular weight excluding hydrogens is 514 g/mol. The van der Waals surface area contributed by atoms with Gasteiger partial charge in [-0.25, -0.2) is 0 Å². The first-order chi connectivity index (χ1) is 20.6. The lowest BCUT2D eigenvalue weighted by molar-refractivity contribution is -0.116. The van der Waals surface area contributed by atoms with Crippen molar-refractivity contribution in [2.75, 3.05) is 23.3 Å². The summed E-state index contributed by atoms with van der Waals surface area (Å²) in [5.74, 6) is -0.809. The van der Waals surface area contributed by atoms with Gasteiger partial charge < -0.3 is 10.2 Å². The van der Waals surface area contributed by atoms with Crippen LogP contribution in [-0.4, -0.2) is 19.0 Å². The molecule has 0 aromatic heterocycles. The predicted molar refractivity (Wildman–Crippen MR) is 174 cm³/mol. The molecule has 0 aliphatic carbocycles. The highest BCUT2D eigenvalue weighted by molar-refractivity contribution is 5.97. The normalized spacial score (nSPS) is 11.0. The van der Waals surface area contributed by atoms with Gasteiger partial charge in [-0.15, -0.1) is 0 Å². The van der Waals surface area contributed by atoms with Crippen LogP contribution < -0.4 is 10.2 Å². The molecule has 0 heterocycles. The molecule has 0 saturated heterocycles. The second-order valence-electron chi connectivity index (χ2n) is 9.85. The molecule has 0 fully saturated rings. The van der Waals surface area contributed by atoms with Crippen molar-refractivity contribution in [2.24, 2.45) is 0 Å². The summed E-state index contributed by atoms with van der Waals surface area (Å²) in [4.78, 5) is 14.6. The van der Waals surface area contributed by atoms with Crippen molar-refractivity contribution in [3.63, 3.8) is 0 Å². The molecule has 4 nitrogen and oxygen atoms in total. The molecule has 42 heavy (non-hydrogen) atoms. The third kappa shape index (κ3) is 7.96. The Morgan fingerprint density at radius 3 is 1.36 bits per heavy atom. The highest BCUT2D eigenvalue weighted by atomic mass is 16.1. The second kappa shape index (κ2) is 15.6. The van der Waals surface area contributed by atoms with Gasteiger partial charge in [0.15, 0.2) is 5.92 Å². The number of benzene rings is 5. The Kier molecular flexibility index (Phi) is 11.1. The summed E-state index contributed by atoms with van der Waals surface area (Å²) in [5.41, 5.74) is 6.52. The third-order valence-corrected chi connectivity index (χ3v) is 7.19. The zero-order chi connectivity index (χ0) is 29.6. The maximum atomic E-state index is 12.3. The molecule has 5 rings (SSSR count). The third-order valence-electron chi connectivity index (χ3n) is 7.19. The molecule has 0 saturated carbocycles. The topological polar surface area (TPSA) is 56.1 Å². The van der Waals surface area contributed by atoms with E-state index in [1.807, 2.05) is 42.5 Å². The number of amides is 1. The van der Waals surface area contributed by atoms with Crippen LogP contribution in [0.15, 0.2) is 146 Å². The summed E-state index contributed by atoms with van der Waals surface area (Å²) in [6, 6.07) is 50.9. The van der Waals surface area contributed by atoms with Gasteiger partial charge in [-0.3, -0.25) is 4.79 Å². The molecule has 0 radical (unpaired) electrons. The Morgan fingerprint density at radius 1 is 0.619 bits per heavy atom. The minimum absolute atomic E-state index is 0.309. The van der Waals surface area contributed by atoms with Gasteiger partial charge in [-0.1, -0.05) is 121 Å². The molecule has 4 heteroatoms. The largest absolute Gasteiger partial charge is 0.372 e. The molecule has 0 spiro atoms. The van der Waals surface area contributed by atoms with Crippen LogP contribution in [0.25, 0.3) is 0 Å². The molecule has 5 aromatic rings.